The van der Waals surface area contributed by atoms with Crippen molar-refractivity contribution in [3.63, 3.8) is 0 Å². The standard InChI is InChI=1S/C8H11NO5.C4H6/c1-2-13-6(10)4-3-5-7(11)14-8(12)9-5;1-3-4-2/h5H,2-4H2,1H3,(H,9,12);3-4H,1-2H2. The zero-order valence-electron chi connectivity index (χ0n) is 10.3. The van der Waals surface area contributed by atoms with Gasteiger partial charge in [0.1, 0.15) is 6.04 Å². The Hall–Kier alpha value is -2.11. The number of nitrogens with one attached hydrogen (secondary N) is 1. The van der Waals surface area contributed by atoms with Crippen molar-refractivity contribution in [3.8, 4) is 0 Å². The van der Waals surface area contributed by atoms with Gasteiger partial charge in [-0.2, -0.15) is 0 Å². The van der Waals surface area contributed by atoms with Crippen LogP contribution in [0.3, 0.4) is 0 Å². The van der Waals surface area contributed by atoms with Crippen LogP contribution in [-0.2, 0) is 19.1 Å². The highest BCUT2D eigenvalue weighted by atomic mass is 16.6. The van der Waals surface area contributed by atoms with E-state index in [1.807, 2.05) is 0 Å². The number of hydrogen-bond acceptors (Lipinski definition) is 5. The predicted octanol–water partition coefficient (Wildman–Crippen LogP) is 1.32. The number of carbonyl (C=O) groups excluding carboxylic acids is 3. The molecule has 6 heteroatoms. The Kier molecular flexibility index (Phi) is 7.92. The molecule has 1 aliphatic rings. The van der Waals surface area contributed by atoms with E-state index in [4.69, 9.17) is 0 Å². The van der Waals surface area contributed by atoms with Crippen LogP contribution in [0.4, 0.5) is 4.79 Å². The first kappa shape index (κ1) is 15.9. The lowest BCUT2D eigenvalue weighted by Crippen LogP contribution is -2.29. The molecule has 1 saturated heterocycles. The van der Waals surface area contributed by atoms with E-state index in [0.717, 1.165) is 0 Å². The molecule has 1 unspecified atom stereocenters. The minimum atomic E-state index is -0.760. The Labute approximate surface area is 106 Å². The van der Waals surface area contributed by atoms with Crippen LogP contribution in [0, 0.1) is 0 Å². The molecule has 18 heavy (non-hydrogen) atoms. The number of carbonyl (C=O) groups is 3. The number of amides is 1. The molecule has 0 spiro atoms. The smallest absolute Gasteiger partial charge is 0.415 e. The second kappa shape index (κ2) is 8.98. The number of rotatable bonds is 5. The first-order valence-corrected chi connectivity index (χ1v) is 5.46. The molecule has 100 valence electrons. The van der Waals surface area contributed by atoms with Gasteiger partial charge >= 0.3 is 18.0 Å². The summed E-state index contributed by atoms with van der Waals surface area (Å²) in [6.45, 7) is 8.73. The third-order valence-electron chi connectivity index (χ3n) is 1.88. The summed E-state index contributed by atoms with van der Waals surface area (Å²) in [5.41, 5.74) is 0. The number of hydrogen-bond donors (Lipinski definition) is 1. The molecule has 0 radical (unpaired) electrons. The Morgan fingerprint density at radius 1 is 1.44 bits per heavy atom. The van der Waals surface area contributed by atoms with E-state index < -0.39 is 18.1 Å². The molecule has 6 nitrogen and oxygen atoms in total. The SMILES string of the molecule is C=CC=C.CCOC(=O)CCC1NC(=O)OC1=O. The highest BCUT2D eigenvalue weighted by molar-refractivity contribution is 5.95. The molecule has 0 saturated carbocycles. The van der Waals surface area contributed by atoms with Gasteiger partial charge in [0.25, 0.3) is 0 Å². The average molecular weight is 255 g/mol. The lowest BCUT2D eigenvalue weighted by Gasteiger charge is -2.04. The molecule has 0 aromatic heterocycles. The third-order valence-corrected chi connectivity index (χ3v) is 1.88. The fraction of sp³-hybridized carbons (Fsp3) is 0.417. The van der Waals surface area contributed by atoms with Gasteiger partial charge in [-0.15, -0.1) is 0 Å². The average Bonchev–Trinajstić information content (AvgIpc) is 2.66. The summed E-state index contributed by atoms with van der Waals surface area (Å²) in [7, 11) is 0. The van der Waals surface area contributed by atoms with Crippen molar-refractivity contribution in [3.05, 3.63) is 25.3 Å². The van der Waals surface area contributed by atoms with E-state index in [-0.39, 0.29) is 18.8 Å². The summed E-state index contributed by atoms with van der Waals surface area (Å²) in [4.78, 5) is 32.4. The number of esters is 2. The van der Waals surface area contributed by atoms with Crippen LogP contribution in [0.15, 0.2) is 25.3 Å². The number of alkyl carbamates (subject to hydrolysis) is 1. The van der Waals surface area contributed by atoms with E-state index >= 15 is 0 Å². The molecule has 1 amide bonds. The summed E-state index contributed by atoms with van der Waals surface area (Å²) >= 11 is 0. The van der Waals surface area contributed by atoms with Crippen molar-refractivity contribution >= 4 is 18.0 Å². The Bertz CT molecular complexity index is 331. The molecular formula is C12H17NO5. The second-order valence-corrected chi connectivity index (χ2v) is 3.22. The van der Waals surface area contributed by atoms with Crippen molar-refractivity contribution in [1.29, 1.82) is 0 Å². The van der Waals surface area contributed by atoms with Gasteiger partial charge in [-0.3, -0.25) is 4.79 Å². The first-order valence-electron chi connectivity index (χ1n) is 5.46. The zero-order chi connectivity index (χ0) is 14.0. The zero-order valence-corrected chi connectivity index (χ0v) is 10.3. The minimum Gasteiger partial charge on any atom is -0.466 e. The molecule has 0 aromatic carbocycles. The first-order chi connectivity index (χ1) is 8.54. The van der Waals surface area contributed by atoms with E-state index in [1.165, 1.54) is 0 Å². The molecule has 0 aliphatic carbocycles. The van der Waals surface area contributed by atoms with Gasteiger partial charge in [0.15, 0.2) is 0 Å². The summed E-state index contributed by atoms with van der Waals surface area (Å²) in [5.74, 6) is -1.03. The van der Waals surface area contributed by atoms with Crippen molar-refractivity contribution < 1.29 is 23.9 Å². The summed E-state index contributed by atoms with van der Waals surface area (Å²) < 4.78 is 8.89. The fourth-order valence-corrected chi connectivity index (χ4v) is 1.08. The quantitative estimate of drug-likeness (QED) is 0.455. The Balaban J connectivity index is 0.000000631. The van der Waals surface area contributed by atoms with E-state index in [1.54, 1.807) is 19.1 Å². The van der Waals surface area contributed by atoms with Crippen LogP contribution < -0.4 is 5.32 Å². The van der Waals surface area contributed by atoms with Gasteiger partial charge in [0, 0.05) is 6.42 Å². The highest BCUT2D eigenvalue weighted by Gasteiger charge is 2.32. The fourth-order valence-electron chi connectivity index (χ4n) is 1.08. The third kappa shape index (κ3) is 6.47. The maximum Gasteiger partial charge on any atom is 0.415 e. The van der Waals surface area contributed by atoms with Gasteiger partial charge in [0.05, 0.1) is 6.61 Å². The molecule has 1 N–H and O–H groups in total. The lowest BCUT2D eigenvalue weighted by molar-refractivity contribution is -0.143. The predicted molar refractivity (Wildman–Crippen MR) is 64.7 cm³/mol. The van der Waals surface area contributed by atoms with Crippen molar-refractivity contribution in [2.24, 2.45) is 0 Å². The molecule has 0 bridgehead atoms. The van der Waals surface area contributed by atoms with Gasteiger partial charge in [0.2, 0.25) is 0 Å². The van der Waals surface area contributed by atoms with Gasteiger partial charge in [-0.25, -0.2) is 9.59 Å². The lowest BCUT2D eigenvalue weighted by atomic mass is 10.2. The molecule has 1 atom stereocenters. The Morgan fingerprint density at radius 3 is 2.44 bits per heavy atom. The highest BCUT2D eigenvalue weighted by Crippen LogP contribution is 2.07. The molecular weight excluding hydrogens is 238 g/mol. The number of ether oxygens (including phenoxy) is 2. The maximum absolute atomic E-state index is 10.9. The summed E-state index contributed by atoms with van der Waals surface area (Å²) in [6.07, 6.45) is 2.82. The molecule has 1 heterocycles. The molecule has 1 fully saturated rings. The van der Waals surface area contributed by atoms with Crippen LogP contribution in [-0.4, -0.2) is 30.7 Å². The maximum atomic E-state index is 10.9. The van der Waals surface area contributed by atoms with Crippen LogP contribution in [0.5, 0.6) is 0 Å². The van der Waals surface area contributed by atoms with Crippen LogP contribution in [0.2, 0.25) is 0 Å². The molecule has 1 aliphatic heterocycles. The minimum absolute atomic E-state index is 0.0912. The summed E-state index contributed by atoms with van der Waals surface area (Å²) in [5, 5.41) is 2.28. The molecule has 1 rings (SSSR count). The van der Waals surface area contributed by atoms with Crippen LogP contribution >= 0.6 is 0 Å². The topological polar surface area (TPSA) is 81.7 Å². The van der Waals surface area contributed by atoms with Gasteiger partial charge in [-0.1, -0.05) is 25.3 Å². The number of cyclic esters (lactones) is 2. The normalized spacial score (nSPS) is 16.8. The monoisotopic (exact) mass is 255 g/mol. The van der Waals surface area contributed by atoms with E-state index in [2.05, 4.69) is 27.9 Å². The Morgan fingerprint density at radius 2 is 2.06 bits per heavy atom. The van der Waals surface area contributed by atoms with Crippen molar-refractivity contribution in [1.82, 2.24) is 5.32 Å². The largest absolute Gasteiger partial charge is 0.466 e. The van der Waals surface area contributed by atoms with E-state index in [9.17, 15) is 14.4 Å². The van der Waals surface area contributed by atoms with Crippen molar-refractivity contribution in [2.45, 2.75) is 25.8 Å². The van der Waals surface area contributed by atoms with E-state index in [0.29, 0.717) is 6.61 Å². The second-order valence-electron chi connectivity index (χ2n) is 3.22. The van der Waals surface area contributed by atoms with Gasteiger partial charge < -0.3 is 14.8 Å². The molecule has 0 aromatic rings. The summed E-state index contributed by atoms with van der Waals surface area (Å²) in [6, 6.07) is -0.716. The number of allylic oxidation sites excluding steroid dienone is 2. The van der Waals surface area contributed by atoms with Crippen LogP contribution in [0.25, 0.3) is 0 Å². The van der Waals surface area contributed by atoms with Crippen molar-refractivity contribution in [2.75, 3.05) is 6.61 Å². The van der Waals surface area contributed by atoms with Crippen LogP contribution in [0.1, 0.15) is 19.8 Å². The van der Waals surface area contributed by atoms with Gasteiger partial charge in [-0.05, 0) is 13.3 Å².